The molecule has 2 aromatic carbocycles. The van der Waals surface area contributed by atoms with Crippen LogP contribution < -0.4 is 0 Å². The van der Waals surface area contributed by atoms with Gasteiger partial charge in [-0.15, -0.1) is 0 Å². The van der Waals surface area contributed by atoms with E-state index in [4.69, 9.17) is 4.99 Å². The second-order valence-electron chi connectivity index (χ2n) is 7.19. The van der Waals surface area contributed by atoms with E-state index in [1.165, 1.54) is 23.9 Å². The van der Waals surface area contributed by atoms with Crippen LogP contribution >= 0.6 is 11.8 Å². The molecule has 0 saturated carbocycles. The second kappa shape index (κ2) is 10.9. The number of hydrogen-bond acceptors (Lipinski definition) is 6. The molecule has 1 fully saturated rings. The first-order valence-electron chi connectivity index (χ1n) is 10.3. The van der Waals surface area contributed by atoms with E-state index in [2.05, 4.69) is 18.7 Å². The van der Waals surface area contributed by atoms with Crippen LogP contribution in [-0.2, 0) is 4.79 Å². The van der Waals surface area contributed by atoms with Crippen molar-refractivity contribution in [2.45, 2.75) is 26.7 Å². The zero-order valence-corrected chi connectivity index (χ0v) is 18.5. The Morgan fingerprint density at radius 2 is 1.81 bits per heavy atom. The molecule has 1 aliphatic heterocycles. The summed E-state index contributed by atoms with van der Waals surface area (Å²) < 4.78 is 0. The first-order chi connectivity index (χ1) is 15.0. The summed E-state index contributed by atoms with van der Waals surface area (Å²) in [5, 5.41) is 11.7. The van der Waals surface area contributed by atoms with Crippen molar-refractivity contribution in [1.29, 1.82) is 0 Å². The number of thioether (sulfide) groups is 1. The van der Waals surface area contributed by atoms with Crippen LogP contribution in [0.3, 0.4) is 0 Å². The highest BCUT2D eigenvalue weighted by atomic mass is 32.2. The summed E-state index contributed by atoms with van der Waals surface area (Å²) in [6, 6.07) is 15.8. The number of rotatable bonds is 9. The molecule has 3 rings (SSSR count). The van der Waals surface area contributed by atoms with E-state index in [1.807, 2.05) is 30.3 Å². The van der Waals surface area contributed by atoms with Crippen LogP contribution in [0.4, 0.5) is 11.4 Å². The van der Waals surface area contributed by atoms with Crippen molar-refractivity contribution in [1.82, 2.24) is 9.80 Å². The van der Waals surface area contributed by atoms with Gasteiger partial charge >= 0.3 is 0 Å². The molecule has 2 aromatic rings. The Morgan fingerprint density at radius 1 is 1.10 bits per heavy atom. The first-order valence-corrected chi connectivity index (χ1v) is 11.2. The average Bonchev–Trinajstić information content (AvgIpc) is 3.04. The summed E-state index contributed by atoms with van der Waals surface area (Å²) in [4.78, 5) is 33.1. The molecule has 0 bridgehead atoms. The molecule has 7 nitrogen and oxygen atoms in total. The molecule has 0 aromatic heterocycles. The fourth-order valence-electron chi connectivity index (χ4n) is 3.29. The van der Waals surface area contributed by atoms with E-state index < -0.39 is 4.92 Å². The minimum Gasteiger partial charge on any atom is -0.286 e. The molecule has 0 aliphatic carbocycles. The maximum absolute atomic E-state index is 13.3. The zero-order valence-electron chi connectivity index (χ0n) is 17.7. The van der Waals surface area contributed by atoms with Gasteiger partial charge in [0.1, 0.15) is 0 Å². The van der Waals surface area contributed by atoms with E-state index in [0.717, 1.165) is 31.6 Å². The van der Waals surface area contributed by atoms with Crippen LogP contribution in [0.2, 0.25) is 0 Å². The molecule has 0 unspecified atom stereocenters. The van der Waals surface area contributed by atoms with Gasteiger partial charge in [-0.3, -0.25) is 24.7 Å². The normalized spacial score (nSPS) is 16.6. The Hall–Kier alpha value is -2.97. The number of carbonyl (C=O) groups is 1. The lowest BCUT2D eigenvalue weighted by molar-refractivity contribution is -0.384. The quantitative estimate of drug-likeness (QED) is 0.302. The number of nitro groups is 1. The molecular weight excluding hydrogens is 412 g/mol. The number of carbonyl (C=O) groups excluding carboxylic acids is 1. The highest BCUT2D eigenvalue weighted by molar-refractivity contribution is 8.18. The van der Waals surface area contributed by atoms with Gasteiger partial charge < -0.3 is 0 Å². The lowest BCUT2D eigenvalue weighted by Gasteiger charge is -2.26. The maximum Gasteiger partial charge on any atom is 0.270 e. The second-order valence-corrected chi connectivity index (χ2v) is 8.19. The van der Waals surface area contributed by atoms with Gasteiger partial charge in [-0.1, -0.05) is 44.2 Å². The van der Waals surface area contributed by atoms with Crippen molar-refractivity contribution in [3.63, 3.8) is 0 Å². The van der Waals surface area contributed by atoms with Crippen LogP contribution in [-0.4, -0.2) is 45.6 Å². The number of amidine groups is 1. The smallest absolute Gasteiger partial charge is 0.270 e. The predicted octanol–water partition coefficient (Wildman–Crippen LogP) is 5.28. The summed E-state index contributed by atoms with van der Waals surface area (Å²) in [6.45, 7) is 6.49. The summed E-state index contributed by atoms with van der Waals surface area (Å²) in [5.74, 6) is -0.136. The predicted molar refractivity (Wildman–Crippen MR) is 126 cm³/mol. The van der Waals surface area contributed by atoms with Gasteiger partial charge in [0.15, 0.2) is 5.17 Å². The lowest BCUT2D eigenvalue weighted by atomic mass is 10.2. The number of non-ortho nitro benzene ring substituents is 1. The zero-order chi connectivity index (χ0) is 22.2. The van der Waals surface area contributed by atoms with Crippen molar-refractivity contribution in [2.24, 2.45) is 4.99 Å². The van der Waals surface area contributed by atoms with Crippen molar-refractivity contribution in [3.8, 4) is 0 Å². The molecule has 31 heavy (non-hydrogen) atoms. The van der Waals surface area contributed by atoms with Crippen molar-refractivity contribution < 1.29 is 9.72 Å². The summed E-state index contributed by atoms with van der Waals surface area (Å²) in [7, 11) is 0. The number of para-hydroxylation sites is 1. The molecule has 1 aliphatic rings. The molecule has 0 N–H and O–H groups in total. The van der Waals surface area contributed by atoms with Gasteiger partial charge in [0, 0.05) is 12.1 Å². The fraction of sp³-hybridized carbons (Fsp3) is 0.304. The average molecular weight is 439 g/mol. The minimum atomic E-state index is -0.437. The lowest BCUT2D eigenvalue weighted by Crippen LogP contribution is -2.41. The topological polar surface area (TPSA) is 79.0 Å². The number of amides is 1. The van der Waals surface area contributed by atoms with Gasteiger partial charge in [-0.25, -0.2) is 4.99 Å². The Kier molecular flexibility index (Phi) is 7.97. The number of hydrogen-bond donors (Lipinski definition) is 0. The monoisotopic (exact) mass is 438 g/mol. The highest BCUT2D eigenvalue weighted by Gasteiger charge is 2.34. The van der Waals surface area contributed by atoms with Crippen LogP contribution in [0.5, 0.6) is 0 Å². The Balaban J connectivity index is 1.94. The van der Waals surface area contributed by atoms with E-state index in [0.29, 0.717) is 22.3 Å². The van der Waals surface area contributed by atoms with Gasteiger partial charge in [0.2, 0.25) is 0 Å². The minimum absolute atomic E-state index is 0.00288. The summed E-state index contributed by atoms with van der Waals surface area (Å²) in [6.07, 6.45) is 3.69. The fourth-order valence-corrected chi connectivity index (χ4v) is 4.29. The maximum atomic E-state index is 13.3. The number of aliphatic imine (C=N–C) groups is 1. The Morgan fingerprint density at radius 3 is 2.45 bits per heavy atom. The Labute approximate surface area is 186 Å². The van der Waals surface area contributed by atoms with Crippen molar-refractivity contribution in [3.05, 3.63) is 75.2 Å². The van der Waals surface area contributed by atoms with E-state index >= 15 is 0 Å². The number of nitrogens with zero attached hydrogens (tertiary/aromatic N) is 4. The molecule has 0 radical (unpaired) electrons. The third-order valence-corrected chi connectivity index (χ3v) is 5.68. The molecule has 1 saturated heterocycles. The van der Waals surface area contributed by atoms with Crippen LogP contribution in [0.1, 0.15) is 32.3 Å². The Bertz CT molecular complexity index is 985. The molecule has 1 heterocycles. The largest absolute Gasteiger partial charge is 0.286 e. The molecule has 0 spiro atoms. The van der Waals surface area contributed by atoms with Crippen molar-refractivity contribution >= 4 is 40.3 Å². The molecular formula is C23H26N4O3S. The van der Waals surface area contributed by atoms with Gasteiger partial charge in [-0.05, 0) is 61.5 Å². The first kappa shape index (κ1) is 22.7. The number of nitro benzene ring substituents is 1. The van der Waals surface area contributed by atoms with E-state index in [1.54, 1.807) is 23.1 Å². The SMILES string of the molecule is CCCN(CCC)CN1C(=O)/C(=C/c2cccc([N+](=O)[O-])c2)SC1=Nc1ccccc1. The van der Waals surface area contributed by atoms with Crippen LogP contribution in [0.15, 0.2) is 64.5 Å². The molecule has 8 heteroatoms. The molecule has 162 valence electrons. The van der Waals surface area contributed by atoms with Crippen LogP contribution in [0, 0.1) is 10.1 Å². The highest BCUT2D eigenvalue weighted by Crippen LogP contribution is 2.34. The third-order valence-electron chi connectivity index (χ3n) is 4.67. The summed E-state index contributed by atoms with van der Waals surface area (Å²) >= 11 is 1.30. The van der Waals surface area contributed by atoms with Crippen molar-refractivity contribution in [2.75, 3.05) is 19.8 Å². The van der Waals surface area contributed by atoms with E-state index in [-0.39, 0.29) is 11.6 Å². The van der Waals surface area contributed by atoms with Gasteiger partial charge in [0.25, 0.3) is 11.6 Å². The van der Waals surface area contributed by atoms with Crippen LogP contribution in [0.25, 0.3) is 6.08 Å². The standard InChI is InChI=1S/C23H26N4O3S/c1-3-13-25(14-4-2)17-26-22(28)21(16-18-9-8-12-20(15-18)27(29)30)31-23(26)24-19-10-6-5-7-11-19/h5-12,15-16H,3-4,13-14,17H2,1-2H3/b21-16-,24-23?. The van der Waals surface area contributed by atoms with Gasteiger partial charge in [-0.2, -0.15) is 0 Å². The van der Waals surface area contributed by atoms with E-state index in [9.17, 15) is 14.9 Å². The summed E-state index contributed by atoms with van der Waals surface area (Å²) in [5.41, 5.74) is 1.39. The van der Waals surface area contributed by atoms with Gasteiger partial charge in [0.05, 0.1) is 22.2 Å². The number of benzene rings is 2. The molecule has 1 amide bonds. The molecule has 0 atom stereocenters. The third kappa shape index (κ3) is 6.02.